The zero-order chi connectivity index (χ0) is 17.8. The lowest BCUT2D eigenvalue weighted by atomic mass is 10.1. The maximum Gasteiger partial charge on any atom is 0.288 e. The van der Waals surface area contributed by atoms with Gasteiger partial charge in [0, 0.05) is 16.0 Å². The van der Waals surface area contributed by atoms with Gasteiger partial charge in [0.2, 0.25) is 5.91 Å². The van der Waals surface area contributed by atoms with Crippen molar-refractivity contribution in [3.8, 4) is 0 Å². The Labute approximate surface area is 146 Å². The molecule has 4 nitrogen and oxygen atoms in total. The lowest BCUT2D eigenvalue weighted by molar-refractivity contribution is -0.115. The minimum absolute atomic E-state index is 0.145. The van der Waals surface area contributed by atoms with E-state index in [-0.39, 0.29) is 16.9 Å². The molecule has 3 rings (SSSR count). The van der Waals surface area contributed by atoms with Crippen molar-refractivity contribution in [2.24, 2.45) is 0 Å². The van der Waals surface area contributed by atoms with Crippen LogP contribution in [0.4, 0.5) is 14.5 Å². The Balaban J connectivity index is 1.80. The Morgan fingerprint density at radius 1 is 1.12 bits per heavy atom. The van der Waals surface area contributed by atoms with Crippen LogP contribution in [0.3, 0.4) is 0 Å². The third-order valence-corrected chi connectivity index (χ3v) is 4.35. The number of alkyl halides is 2. The number of amides is 1. The van der Waals surface area contributed by atoms with Gasteiger partial charge in [0.1, 0.15) is 0 Å². The van der Waals surface area contributed by atoms with Crippen molar-refractivity contribution in [2.45, 2.75) is 17.1 Å². The highest BCUT2D eigenvalue weighted by molar-refractivity contribution is 7.99. The molecule has 0 saturated heterocycles. The molecule has 7 heteroatoms. The SMILES string of the molecule is O=C(Cc1cc2ccccc2[nH]c1=O)Nc1ccccc1SC(F)F. The topological polar surface area (TPSA) is 62.0 Å². The molecular weight excluding hydrogens is 346 g/mol. The summed E-state index contributed by atoms with van der Waals surface area (Å²) in [6.07, 6.45) is -0.145. The second kappa shape index (κ2) is 7.48. The van der Waals surface area contributed by atoms with Crippen molar-refractivity contribution in [1.82, 2.24) is 4.98 Å². The van der Waals surface area contributed by atoms with Gasteiger partial charge in [-0.25, -0.2) is 0 Å². The maximum atomic E-state index is 12.6. The second-order valence-electron chi connectivity index (χ2n) is 5.31. The molecule has 2 aromatic carbocycles. The molecular formula is C18H14F2N2O2S. The number of thioether (sulfide) groups is 1. The van der Waals surface area contributed by atoms with E-state index in [9.17, 15) is 18.4 Å². The summed E-state index contributed by atoms with van der Waals surface area (Å²) in [5.74, 6) is -3.02. The van der Waals surface area contributed by atoms with Gasteiger partial charge in [-0.1, -0.05) is 42.1 Å². The van der Waals surface area contributed by atoms with E-state index in [2.05, 4.69) is 10.3 Å². The summed E-state index contributed by atoms with van der Waals surface area (Å²) in [6.45, 7) is 0. The number of rotatable bonds is 5. The number of H-pyrrole nitrogens is 1. The molecule has 0 aliphatic carbocycles. The van der Waals surface area contributed by atoms with Crippen LogP contribution in [-0.2, 0) is 11.2 Å². The summed E-state index contributed by atoms with van der Waals surface area (Å²) >= 11 is 0.362. The number of halogens is 2. The fourth-order valence-electron chi connectivity index (χ4n) is 2.46. The average molecular weight is 360 g/mol. The van der Waals surface area contributed by atoms with Crippen LogP contribution in [0.1, 0.15) is 5.56 Å². The summed E-state index contributed by atoms with van der Waals surface area (Å²) < 4.78 is 25.2. The van der Waals surface area contributed by atoms with E-state index in [0.717, 1.165) is 5.39 Å². The van der Waals surface area contributed by atoms with Crippen LogP contribution in [0.2, 0.25) is 0 Å². The Morgan fingerprint density at radius 2 is 1.84 bits per heavy atom. The summed E-state index contributed by atoms with van der Waals surface area (Å²) in [6, 6.07) is 15.2. The molecule has 128 valence electrons. The lowest BCUT2D eigenvalue weighted by Gasteiger charge is -2.10. The van der Waals surface area contributed by atoms with Crippen LogP contribution in [0.25, 0.3) is 10.9 Å². The zero-order valence-corrected chi connectivity index (χ0v) is 13.8. The number of hydrogen-bond acceptors (Lipinski definition) is 3. The molecule has 0 saturated carbocycles. The number of para-hydroxylation sites is 2. The highest BCUT2D eigenvalue weighted by Gasteiger charge is 2.13. The first-order valence-electron chi connectivity index (χ1n) is 7.47. The van der Waals surface area contributed by atoms with Gasteiger partial charge >= 0.3 is 0 Å². The van der Waals surface area contributed by atoms with Crippen LogP contribution in [0.15, 0.2) is 64.3 Å². The molecule has 0 unspecified atom stereocenters. The van der Waals surface area contributed by atoms with Crippen LogP contribution >= 0.6 is 11.8 Å². The Hall–Kier alpha value is -2.67. The van der Waals surface area contributed by atoms with E-state index in [1.54, 1.807) is 30.3 Å². The van der Waals surface area contributed by atoms with Gasteiger partial charge in [-0.3, -0.25) is 9.59 Å². The molecule has 0 spiro atoms. The van der Waals surface area contributed by atoms with Crippen molar-refractivity contribution < 1.29 is 13.6 Å². The second-order valence-corrected chi connectivity index (χ2v) is 6.34. The predicted molar refractivity (Wildman–Crippen MR) is 95.2 cm³/mol. The molecule has 0 aliphatic heterocycles. The number of carbonyl (C=O) groups excluding carboxylic acids is 1. The minimum Gasteiger partial charge on any atom is -0.325 e. The summed E-state index contributed by atoms with van der Waals surface area (Å²) in [4.78, 5) is 27.3. The van der Waals surface area contributed by atoms with Gasteiger partial charge in [-0.05, 0) is 29.7 Å². The molecule has 0 aliphatic rings. The van der Waals surface area contributed by atoms with Crippen LogP contribution in [0.5, 0.6) is 0 Å². The molecule has 0 atom stereocenters. The number of hydrogen-bond donors (Lipinski definition) is 2. The maximum absolute atomic E-state index is 12.6. The normalized spacial score (nSPS) is 11.0. The summed E-state index contributed by atoms with van der Waals surface area (Å²) in [5.41, 5.74) is 0.963. The molecule has 1 heterocycles. The Bertz CT molecular complexity index is 972. The average Bonchev–Trinajstić information content (AvgIpc) is 2.57. The number of pyridine rings is 1. The lowest BCUT2D eigenvalue weighted by Crippen LogP contribution is -2.21. The third-order valence-electron chi connectivity index (χ3n) is 3.56. The Morgan fingerprint density at radius 3 is 2.64 bits per heavy atom. The molecule has 1 aromatic heterocycles. The van der Waals surface area contributed by atoms with Crippen molar-refractivity contribution in [2.75, 3.05) is 5.32 Å². The van der Waals surface area contributed by atoms with Gasteiger partial charge in [0.15, 0.2) is 0 Å². The van der Waals surface area contributed by atoms with E-state index < -0.39 is 11.7 Å². The van der Waals surface area contributed by atoms with Crippen molar-refractivity contribution in [3.05, 3.63) is 70.5 Å². The number of nitrogens with one attached hydrogen (secondary N) is 2. The van der Waals surface area contributed by atoms with Crippen molar-refractivity contribution >= 4 is 34.3 Å². The van der Waals surface area contributed by atoms with E-state index in [4.69, 9.17) is 0 Å². The highest BCUT2D eigenvalue weighted by atomic mass is 32.2. The fraction of sp³-hybridized carbons (Fsp3) is 0.111. The third kappa shape index (κ3) is 4.24. The molecule has 0 bridgehead atoms. The smallest absolute Gasteiger partial charge is 0.288 e. The van der Waals surface area contributed by atoms with E-state index in [0.29, 0.717) is 28.5 Å². The Kier molecular flexibility index (Phi) is 5.14. The first-order valence-corrected chi connectivity index (χ1v) is 8.35. The largest absolute Gasteiger partial charge is 0.325 e. The van der Waals surface area contributed by atoms with Crippen LogP contribution in [-0.4, -0.2) is 16.6 Å². The quantitative estimate of drug-likeness (QED) is 0.676. The highest BCUT2D eigenvalue weighted by Crippen LogP contribution is 2.31. The van der Waals surface area contributed by atoms with Crippen LogP contribution < -0.4 is 10.9 Å². The fourth-order valence-corrected chi connectivity index (χ4v) is 3.06. The summed E-state index contributed by atoms with van der Waals surface area (Å²) in [7, 11) is 0. The first-order chi connectivity index (χ1) is 12.0. The minimum atomic E-state index is -2.58. The molecule has 3 aromatic rings. The van der Waals surface area contributed by atoms with Gasteiger partial charge in [0.05, 0.1) is 12.1 Å². The van der Waals surface area contributed by atoms with Crippen molar-refractivity contribution in [3.63, 3.8) is 0 Å². The number of carbonyl (C=O) groups is 1. The van der Waals surface area contributed by atoms with Gasteiger partial charge < -0.3 is 10.3 Å². The van der Waals surface area contributed by atoms with E-state index in [1.165, 1.54) is 6.07 Å². The van der Waals surface area contributed by atoms with E-state index >= 15 is 0 Å². The molecule has 2 N–H and O–H groups in total. The zero-order valence-electron chi connectivity index (χ0n) is 13.0. The predicted octanol–water partition coefficient (Wildman–Crippen LogP) is 4.02. The first kappa shape index (κ1) is 17.2. The van der Waals surface area contributed by atoms with Crippen molar-refractivity contribution in [1.29, 1.82) is 0 Å². The monoisotopic (exact) mass is 360 g/mol. The van der Waals surface area contributed by atoms with Gasteiger partial charge in [0.25, 0.3) is 11.3 Å². The van der Waals surface area contributed by atoms with Gasteiger partial charge in [-0.15, -0.1) is 0 Å². The number of aromatic nitrogens is 1. The van der Waals surface area contributed by atoms with Crippen LogP contribution in [0, 0.1) is 0 Å². The molecule has 1 amide bonds. The molecule has 0 radical (unpaired) electrons. The number of benzene rings is 2. The van der Waals surface area contributed by atoms with Gasteiger partial charge in [-0.2, -0.15) is 8.78 Å². The number of fused-ring (bicyclic) bond motifs is 1. The summed E-state index contributed by atoms with van der Waals surface area (Å²) in [5, 5.41) is 3.41. The standard InChI is InChI=1S/C18H14F2N2O2S/c19-18(20)25-15-8-4-3-7-14(15)21-16(23)10-12-9-11-5-1-2-6-13(11)22-17(12)24/h1-9,18H,10H2,(H,21,23)(H,22,24). The number of aromatic amines is 1. The number of anilines is 1. The molecule has 25 heavy (non-hydrogen) atoms. The van der Waals surface area contributed by atoms with E-state index in [1.807, 2.05) is 18.2 Å². The molecule has 0 fully saturated rings.